The second-order valence-corrected chi connectivity index (χ2v) is 6.44. The topological polar surface area (TPSA) is 29.5 Å². The van der Waals surface area contributed by atoms with Crippen LogP contribution in [0.25, 0.3) is 11.1 Å². The van der Waals surface area contributed by atoms with Crippen LogP contribution in [-0.4, -0.2) is 31.0 Å². The van der Waals surface area contributed by atoms with Crippen LogP contribution in [0, 0.1) is 0 Å². The highest BCUT2D eigenvalue weighted by atomic mass is 16.5. The van der Waals surface area contributed by atoms with Gasteiger partial charge in [0.2, 0.25) is 0 Å². The quantitative estimate of drug-likeness (QED) is 0.817. The molecule has 0 N–H and O–H groups in total. The number of amides is 1. The molecule has 1 aliphatic rings. The molecule has 0 aliphatic carbocycles. The van der Waals surface area contributed by atoms with Crippen molar-refractivity contribution in [2.45, 2.75) is 32.3 Å². The van der Waals surface area contributed by atoms with Crippen molar-refractivity contribution in [2.75, 3.05) is 20.2 Å². The molecule has 3 heteroatoms. The largest absolute Gasteiger partial charge is 0.377 e. The van der Waals surface area contributed by atoms with Gasteiger partial charge in [-0.15, -0.1) is 0 Å². The summed E-state index contributed by atoms with van der Waals surface area (Å²) in [5, 5.41) is 0. The first-order chi connectivity index (χ1) is 11.7. The number of hydrogen-bond acceptors (Lipinski definition) is 2. The average Bonchev–Trinajstić information content (AvgIpc) is 2.67. The van der Waals surface area contributed by atoms with E-state index in [0.717, 1.165) is 48.2 Å². The molecule has 0 saturated carbocycles. The van der Waals surface area contributed by atoms with E-state index in [1.807, 2.05) is 36.1 Å². The second-order valence-electron chi connectivity index (χ2n) is 6.44. The molecule has 0 unspecified atom stereocenters. The number of benzene rings is 2. The third-order valence-electron chi connectivity index (χ3n) is 4.80. The molecule has 1 heterocycles. The third kappa shape index (κ3) is 3.68. The number of likely N-dealkylation sites (tertiary alicyclic amines) is 1. The molecule has 2 aromatic rings. The van der Waals surface area contributed by atoms with Crippen LogP contribution >= 0.6 is 0 Å². The molecule has 1 fully saturated rings. The van der Waals surface area contributed by atoms with Crippen molar-refractivity contribution in [3.8, 4) is 11.1 Å². The maximum absolute atomic E-state index is 12.7. The summed E-state index contributed by atoms with van der Waals surface area (Å²) in [4.78, 5) is 14.7. The van der Waals surface area contributed by atoms with E-state index in [-0.39, 0.29) is 12.0 Å². The Bertz CT molecular complexity index is 704. The van der Waals surface area contributed by atoms with E-state index in [1.165, 1.54) is 6.42 Å². The van der Waals surface area contributed by atoms with Gasteiger partial charge in [0.1, 0.15) is 0 Å². The maximum atomic E-state index is 12.7. The molecule has 1 aliphatic heterocycles. The first-order valence-corrected chi connectivity index (χ1v) is 8.71. The molecule has 3 rings (SSSR count). The van der Waals surface area contributed by atoms with Crippen LogP contribution in [0.4, 0.5) is 0 Å². The van der Waals surface area contributed by atoms with Gasteiger partial charge in [-0.25, -0.2) is 0 Å². The van der Waals surface area contributed by atoms with Gasteiger partial charge in [-0.1, -0.05) is 30.3 Å². The summed E-state index contributed by atoms with van der Waals surface area (Å²) >= 11 is 0. The van der Waals surface area contributed by atoms with Crippen molar-refractivity contribution >= 4 is 5.91 Å². The van der Waals surface area contributed by atoms with Gasteiger partial charge in [-0.2, -0.15) is 0 Å². The number of hydrogen-bond donors (Lipinski definition) is 0. The summed E-state index contributed by atoms with van der Waals surface area (Å²) in [6.45, 7) is 3.79. The number of piperidine rings is 1. The molecular weight excluding hydrogens is 298 g/mol. The third-order valence-corrected chi connectivity index (χ3v) is 4.80. The van der Waals surface area contributed by atoms with Gasteiger partial charge in [0.15, 0.2) is 0 Å². The molecule has 126 valence electrons. The lowest BCUT2D eigenvalue weighted by Gasteiger charge is -2.26. The predicted octanol–water partition coefficient (Wildman–Crippen LogP) is 4.69. The van der Waals surface area contributed by atoms with E-state index in [0.29, 0.717) is 0 Å². The Balaban J connectivity index is 1.86. The van der Waals surface area contributed by atoms with Crippen molar-refractivity contribution in [1.82, 2.24) is 4.90 Å². The molecule has 24 heavy (non-hydrogen) atoms. The highest BCUT2D eigenvalue weighted by molar-refractivity contribution is 5.95. The van der Waals surface area contributed by atoms with Crippen molar-refractivity contribution in [3.05, 3.63) is 59.7 Å². The Kier molecular flexibility index (Phi) is 5.31. The fourth-order valence-electron chi connectivity index (χ4n) is 3.22. The molecule has 0 radical (unpaired) electrons. The zero-order valence-electron chi connectivity index (χ0n) is 14.5. The van der Waals surface area contributed by atoms with Crippen molar-refractivity contribution in [2.24, 2.45) is 0 Å². The monoisotopic (exact) mass is 323 g/mol. The predicted molar refractivity (Wildman–Crippen MR) is 97.1 cm³/mol. The zero-order chi connectivity index (χ0) is 16.9. The van der Waals surface area contributed by atoms with Gasteiger partial charge in [-0.05, 0) is 61.1 Å². The van der Waals surface area contributed by atoms with Crippen LogP contribution in [0.15, 0.2) is 48.5 Å². The molecule has 0 bridgehead atoms. The standard InChI is InChI=1S/C21H25NO2/c1-16(24-2)17-8-6-9-18(14-17)19-10-7-11-20(15-19)21(23)22-12-4-3-5-13-22/h6-11,14-16H,3-5,12-13H2,1-2H3/t16-/m0/s1. The summed E-state index contributed by atoms with van der Waals surface area (Å²) < 4.78 is 5.41. The number of methoxy groups -OCH3 is 1. The number of carbonyl (C=O) groups is 1. The van der Waals surface area contributed by atoms with Crippen LogP contribution in [0.2, 0.25) is 0 Å². The summed E-state index contributed by atoms with van der Waals surface area (Å²) in [5.41, 5.74) is 4.11. The van der Waals surface area contributed by atoms with E-state index >= 15 is 0 Å². The molecular formula is C21H25NO2. The lowest BCUT2D eigenvalue weighted by Crippen LogP contribution is -2.35. The lowest BCUT2D eigenvalue weighted by molar-refractivity contribution is 0.0724. The zero-order valence-corrected chi connectivity index (χ0v) is 14.5. The Morgan fingerprint density at radius 2 is 1.67 bits per heavy atom. The van der Waals surface area contributed by atoms with Crippen molar-refractivity contribution < 1.29 is 9.53 Å². The second kappa shape index (κ2) is 7.63. The molecule has 2 aromatic carbocycles. The molecule has 0 spiro atoms. The Labute approximate surface area is 144 Å². The van der Waals surface area contributed by atoms with Gasteiger partial charge in [0, 0.05) is 25.8 Å². The SMILES string of the molecule is CO[C@@H](C)c1cccc(-c2cccc(C(=O)N3CCCCC3)c2)c1. The summed E-state index contributed by atoms with van der Waals surface area (Å²) in [5.74, 6) is 0.151. The molecule has 1 amide bonds. The van der Waals surface area contributed by atoms with Crippen LogP contribution in [0.1, 0.15) is 48.2 Å². The van der Waals surface area contributed by atoms with Gasteiger partial charge in [0.05, 0.1) is 6.10 Å². The smallest absolute Gasteiger partial charge is 0.253 e. The number of ether oxygens (including phenoxy) is 1. The Hall–Kier alpha value is -2.13. The van der Waals surface area contributed by atoms with Crippen LogP contribution in [0.5, 0.6) is 0 Å². The fraction of sp³-hybridized carbons (Fsp3) is 0.381. The highest BCUT2D eigenvalue weighted by Crippen LogP contribution is 2.26. The minimum Gasteiger partial charge on any atom is -0.377 e. The van der Waals surface area contributed by atoms with Crippen molar-refractivity contribution in [1.29, 1.82) is 0 Å². The van der Waals surface area contributed by atoms with E-state index < -0.39 is 0 Å². The van der Waals surface area contributed by atoms with Gasteiger partial charge in [0.25, 0.3) is 5.91 Å². The van der Waals surface area contributed by atoms with Crippen LogP contribution in [0.3, 0.4) is 0 Å². The number of carbonyl (C=O) groups excluding carboxylic acids is 1. The maximum Gasteiger partial charge on any atom is 0.253 e. The normalized spacial score (nSPS) is 16.0. The summed E-state index contributed by atoms with van der Waals surface area (Å²) in [7, 11) is 1.72. The van der Waals surface area contributed by atoms with Crippen LogP contribution < -0.4 is 0 Å². The summed E-state index contributed by atoms with van der Waals surface area (Å²) in [6, 6.07) is 16.3. The lowest BCUT2D eigenvalue weighted by atomic mass is 9.99. The Morgan fingerprint density at radius 3 is 2.38 bits per heavy atom. The molecule has 1 atom stereocenters. The van der Waals surface area contributed by atoms with Gasteiger partial charge >= 0.3 is 0 Å². The van der Waals surface area contributed by atoms with E-state index in [1.54, 1.807) is 7.11 Å². The number of nitrogens with zero attached hydrogens (tertiary/aromatic N) is 1. The van der Waals surface area contributed by atoms with Crippen molar-refractivity contribution in [3.63, 3.8) is 0 Å². The average molecular weight is 323 g/mol. The fourth-order valence-corrected chi connectivity index (χ4v) is 3.22. The van der Waals surface area contributed by atoms with Gasteiger partial charge in [-0.3, -0.25) is 4.79 Å². The minimum atomic E-state index is 0.0584. The van der Waals surface area contributed by atoms with Crippen LogP contribution in [-0.2, 0) is 4.74 Å². The number of rotatable bonds is 4. The van der Waals surface area contributed by atoms with Gasteiger partial charge < -0.3 is 9.64 Å². The Morgan fingerprint density at radius 1 is 1.00 bits per heavy atom. The summed E-state index contributed by atoms with van der Waals surface area (Å²) in [6.07, 6.45) is 3.52. The molecule has 1 saturated heterocycles. The first kappa shape index (κ1) is 16.7. The molecule has 0 aromatic heterocycles. The van der Waals surface area contributed by atoms with E-state index in [4.69, 9.17) is 4.74 Å². The minimum absolute atomic E-state index is 0.0584. The first-order valence-electron chi connectivity index (χ1n) is 8.71. The molecule has 3 nitrogen and oxygen atoms in total. The van der Waals surface area contributed by atoms with E-state index in [2.05, 4.69) is 24.3 Å². The van der Waals surface area contributed by atoms with E-state index in [9.17, 15) is 4.79 Å². The highest BCUT2D eigenvalue weighted by Gasteiger charge is 2.18.